The fourth-order valence-electron chi connectivity index (χ4n) is 2.41. The number of carbonyl (C=O) groups excluding carboxylic acids is 1. The smallest absolute Gasteiger partial charge is 0.251 e. The van der Waals surface area contributed by atoms with Gasteiger partial charge in [0.25, 0.3) is 5.91 Å². The van der Waals surface area contributed by atoms with Crippen molar-refractivity contribution in [3.8, 4) is 0 Å². The molecule has 0 radical (unpaired) electrons. The van der Waals surface area contributed by atoms with Crippen LogP contribution in [0.15, 0.2) is 0 Å². The van der Waals surface area contributed by atoms with Crippen LogP contribution in [0.1, 0.15) is 40.5 Å². The summed E-state index contributed by atoms with van der Waals surface area (Å²) in [4.78, 5) is 16.3. The summed E-state index contributed by atoms with van der Waals surface area (Å²) in [5.74, 6) is 0.651. The maximum absolute atomic E-state index is 12.2. The lowest BCUT2D eigenvalue weighted by atomic mass is 10.0. The highest BCUT2D eigenvalue weighted by atomic mass is 32.1. The summed E-state index contributed by atoms with van der Waals surface area (Å²) in [6, 6.07) is -0.110. The Kier molecular flexibility index (Phi) is 6.72. The molecule has 1 N–H and O–H groups in total. The highest BCUT2D eigenvalue weighted by Gasteiger charge is 2.34. The Morgan fingerprint density at radius 1 is 1.37 bits per heavy atom. The zero-order chi connectivity index (χ0) is 14.4. The standard InChI is InChI=1S/C14H27N3OS/c1-5-16(6-2)8-7-9-17-13(18)12(10-11(3)4)15-14(17)19/h11-12H,5-10H2,1-4H3,(H,15,19). The van der Waals surface area contributed by atoms with Crippen LogP contribution in [0.3, 0.4) is 0 Å². The summed E-state index contributed by atoms with van der Waals surface area (Å²) < 4.78 is 0. The van der Waals surface area contributed by atoms with E-state index in [1.807, 2.05) is 0 Å². The molecule has 5 heteroatoms. The van der Waals surface area contributed by atoms with E-state index in [1.165, 1.54) is 0 Å². The molecule has 1 aliphatic heterocycles. The van der Waals surface area contributed by atoms with Crippen molar-refractivity contribution in [2.75, 3.05) is 26.2 Å². The fraction of sp³-hybridized carbons (Fsp3) is 0.857. The summed E-state index contributed by atoms with van der Waals surface area (Å²) in [5, 5.41) is 3.75. The first-order chi connectivity index (χ1) is 8.99. The topological polar surface area (TPSA) is 35.6 Å². The summed E-state index contributed by atoms with van der Waals surface area (Å²) >= 11 is 5.26. The molecule has 0 bridgehead atoms. The molecule has 4 nitrogen and oxygen atoms in total. The number of carbonyl (C=O) groups is 1. The van der Waals surface area contributed by atoms with Gasteiger partial charge < -0.3 is 10.2 Å². The van der Waals surface area contributed by atoms with Crippen molar-refractivity contribution >= 4 is 23.2 Å². The predicted molar refractivity (Wildman–Crippen MR) is 83.1 cm³/mol. The van der Waals surface area contributed by atoms with E-state index < -0.39 is 0 Å². The number of nitrogens with zero attached hydrogens (tertiary/aromatic N) is 2. The van der Waals surface area contributed by atoms with E-state index in [0.29, 0.717) is 11.0 Å². The monoisotopic (exact) mass is 285 g/mol. The van der Waals surface area contributed by atoms with Crippen LogP contribution < -0.4 is 5.32 Å². The van der Waals surface area contributed by atoms with E-state index in [2.05, 4.69) is 37.9 Å². The quantitative estimate of drug-likeness (QED) is 0.690. The summed E-state index contributed by atoms with van der Waals surface area (Å²) in [5.41, 5.74) is 0. The molecular weight excluding hydrogens is 258 g/mol. The van der Waals surface area contributed by atoms with Crippen LogP contribution in [0.5, 0.6) is 0 Å². The zero-order valence-corrected chi connectivity index (χ0v) is 13.4. The number of amides is 1. The summed E-state index contributed by atoms with van der Waals surface area (Å²) in [6.07, 6.45) is 1.83. The van der Waals surface area contributed by atoms with Gasteiger partial charge in [-0.05, 0) is 50.6 Å². The number of hydrogen-bond donors (Lipinski definition) is 1. The Morgan fingerprint density at radius 3 is 2.53 bits per heavy atom. The maximum atomic E-state index is 12.2. The average molecular weight is 285 g/mol. The Morgan fingerprint density at radius 2 is 2.00 bits per heavy atom. The fourth-order valence-corrected chi connectivity index (χ4v) is 2.74. The first-order valence-electron chi connectivity index (χ1n) is 7.33. The van der Waals surface area contributed by atoms with Crippen LogP contribution in [0, 0.1) is 5.92 Å². The van der Waals surface area contributed by atoms with Crippen molar-refractivity contribution in [1.82, 2.24) is 15.1 Å². The minimum absolute atomic E-state index is 0.110. The van der Waals surface area contributed by atoms with E-state index in [1.54, 1.807) is 4.90 Å². The molecule has 1 fully saturated rings. The lowest BCUT2D eigenvalue weighted by Gasteiger charge is -2.20. The van der Waals surface area contributed by atoms with E-state index in [0.717, 1.165) is 39.0 Å². The number of thiocarbonyl (C=S) groups is 1. The molecule has 1 rings (SSSR count). The Labute approximate surface area is 122 Å². The van der Waals surface area contributed by atoms with E-state index in [-0.39, 0.29) is 11.9 Å². The van der Waals surface area contributed by atoms with Crippen LogP contribution >= 0.6 is 12.2 Å². The molecule has 0 spiro atoms. The Hall–Kier alpha value is -0.680. The van der Waals surface area contributed by atoms with E-state index in [9.17, 15) is 4.79 Å². The minimum Gasteiger partial charge on any atom is -0.350 e. The van der Waals surface area contributed by atoms with E-state index >= 15 is 0 Å². The van der Waals surface area contributed by atoms with Gasteiger partial charge in [0.15, 0.2) is 5.11 Å². The molecule has 110 valence electrons. The third-order valence-corrected chi connectivity index (χ3v) is 3.90. The molecule has 0 aromatic rings. The second kappa shape index (κ2) is 7.80. The van der Waals surface area contributed by atoms with E-state index in [4.69, 9.17) is 12.2 Å². The van der Waals surface area contributed by atoms with Crippen molar-refractivity contribution in [1.29, 1.82) is 0 Å². The largest absolute Gasteiger partial charge is 0.350 e. The van der Waals surface area contributed by atoms with Gasteiger partial charge >= 0.3 is 0 Å². The summed E-state index contributed by atoms with van der Waals surface area (Å²) in [7, 11) is 0. The SMILES string of the molecule is CCN(CC)CCCN1C(=O)C(CC(C)C)NC1=S. The molecule has 0 saturated carbocycles. The Bertz CT molecular complexity index is 316. The number of hydrogen-bond acceptors (Lipinski definition) is 3. The highest BCUT2D eigenvalue weighted by molar-refractivity contribution is 7.80. The molecule has 1 aliphatic rings. The van der Waals surface area contributed by atoms with Crippen molar-refractivity contribution in [2.45, 2.75) is 46.6 Å². The van der Waals surface area contributed by atoms with Crippen molar-refractivity contribution in [3.05, 3.63) is 0 Å². The van der Waals surface area contributed by atoms with Crippen LogP contribution in [0.4, 0.5) is 0 Å². The molecule has 1 atom stereocenters. The molecule has 19 heavy (non-hydrogen) atoms. The van der Waals surface area contributed by atoms with Gasteiger partial charge in [-0.15, -0.1) is 0 Å². The average Bonchev–Trinajstić information content (AvgIpc) is 2.61. The van der Waals surface area contributed by atoms with Crippen molar-refractivity contribution < 1.29 is 4.79 Å². The number of rotatable bonds is 8. The van der Waals surface area contributed by atoms with Crippen molar-refractivity contribution in [3.63, 3.8) is 0 Å². The lowest BCUT2D eigenvalue weighted by Crippen LogP contribution is -2.35. The second-order valence-corrected chi connectivity index (χ2v) is 5.89. The van der Waals surface area contributed by atoms with Gasteiger partial charge in [0, 0.05) is 6.54 Å². The van der Waals surface area contributed by atoms with Crippen LogP contribution in [-0.4, -0.2) is 53.0 Å². The van der Waals surface area contributed by atoms with Gasteiger partial charge in [0.1, 0.15) is 6.04 Å². The van der Waals surface area contributed by atoms with Crippen LogP contribution in [0.2, 0.25) is 0 Å². The van der Waals surface area contributed by atoms with Gasteiger partial charge in [-0.1, -0.05) is 27.7 Å². The molecule has 1 unspecified atom stereocenters. The zero-order valence-electron chi connectivity index (χ0n) is 12.6. The molecule has 1 heterocycles. The number of nitrogens with one attached hydrogen (secondary N) is 1. The van der Waals surface area contributed by atoms with Gasteiger partial charge in [-0.25, -0.2) is 0 Å². The molecule has 1 amide bonds. The van der Waals surface area contributed by atoms with Crippen LogP contribution in [-0.2, 0) is 4.79 Å². The van der Waals surface area contributed by atoms with Gasteiger partial charge in [-0.3, -0.25) is 9.69 Å². The van der Waals surface area contributed by atoms with Gasteiger partial charge in [0.05, 0.1) is 0 Å². The summed E-state index contributed by atoms with van der Waals surface area (Å²) in [6.45, 7) is 12.4. The predicted octanol–water partition coefficient (Wildman–Crippen LogP) is 1.85. The van der Waals surface area contributed by atoms with Gasteiger partial charge in [-0.2, -0.15) is 0 Å². The van der Waals surface area contributed by atoms with Crippen LogP contribution in [0.25, 0.3) is 0 Å². The first kappa shape index (κ1) is 16.4. The normalized spacial score (nSPS) is 19.7. The Balaban J connectivity index is 2.41. The lowest BCUT2D eigenvalue weighted by molar-refractivity contribution is -0.127. The second-order valence-electron chi connectivity index (χ2n) is 5.50. The third kappa shape index (κ3) is 4.73. The first-order valence-corrected chi connectivity index (χ1v) is 7.74. The molecule has 0 aromatic carbocycles. The molecule has 0 aliphatic carbocycles. The third-order valence-electron chi connectivity index (χ3n) is 3.56. The molecule has 0 aromatic heterocycles. The highest BCUT2D eigenvalue weighted by Crippen LogP contribution is 2.14. The van der Waals surface area contributed by atoms with Gasteiger partial charge in [0.2, 0.25) is 0 Å². The molecule has 1 saturated heterocycles. The maximum Gasteiger partial charge on any atom is 0.251 e. The minimum atomic E-state index is -0.110. The molecular formula is C14H27N3OS. The van der Waals surface area contributed by atoms with Crippen molar-refractivity contribution in [2.24, 2.45) is 5.92 Å².